The summed E-state index contributed by atoms with van der Waals surface area (Å²) in [5.41, 5.74) is 1.36. The molecule has 0 heterocycles. The second-order valence-electron chi connectivity index (χ2n) is 7.75. The number of methoxy groups -OCH3 is 2. The molecule has 0 saturated carbocycles. The van der Waals surface area contributed by atoms with Crippen LogP contribution in [0.2, 0.25) is 5.02 Å². The number of nitrogens with one attached hydrogen (secondary N) is 1. The Morgan fingerprint density at radius 1 is 1.00 bits per heavy atom. The maximum absolute atomic E-state index is 13.5. The van der Waals surface area contributed by atoms with Gasteiger partial charge in [-0.05, 0) is 54.1 Å². The van der Waals surface area contributed by atoms with E-state index in [4.69, 9.17) is 21.1 Å². The molecule has 1 N–H and O–H groups in total. The van der Waals surface area contributed by atoms with Crippen LogP contribution in [-0.2, 0) is 20.6 Å². The minimum absolute atomic E-state index is 0.0695. The highest BCUT2D eigenvalue weighted by molar-refractivity contribution is 7.98. The molecule has 1 amide bonds. The number of benzene rings is 3. The average Bonchev–Trinajstić information content (AvgIpc) is 2.89. The van der Waals surface area contributed by atoms with E-state index < -0.39 is 22.5 Å². The third-order valence-corrected chi connectivity index (χ3v) is 8.34. The Bertz CT molecular complexity index is 1260. The van der Waals surface area contributed by atoms with E-state index in [1.165, 1.54) is 26.4 Å². The molecule has 0 bridgehead atoms. The van der Waals surface area contributed by atoms with E-state index in [0.29, 0.717) is 23.1 Å². The maximum Gasteiger partial charge on any atom is 0.264 e. The van der Waals surface area contributed by atoms with Gasteiger partial charge in [0.1, 0.15) is 18.0 Å². The zero-order valence-corrected chi connectivity index (χ0v) is 22.5. The van der Waals surface area contributed by atoms with Crippen LogP contribution in [0, 0.1) is 0 Å². The predicted octanol–water partition coefficient (Wildman–Crippen LogP) is 4.99. The van der Waals surface area contributed by atoms with Gasteiger partial charge in [0.2, 0.25) is 5.91 Å². The zero-order valence-electron chi connectivity index (χ0n) is 20.1. The first-order chi connectivity index (χ1) is 17.3. The molecule has 0 atom stereocenters. The number of anilines is 1. The molecule has 0 unspecified atom stereocenters. The molecule has 0 aliphatic carbocycles. The van der Waals surface area contributed by atoms with Crippen LogP contribution in [0.4, 0.5) is 5.69 Å². The Labute approximate surface area is 221 Å². The molecular weight excluding hydrogens is 520 g/mol. The fraction of sp³-hybridized carbons (Fsp3) is 0.269. The number of sulfonamides is 1. The molecule has 3 aromatic carbocycles. The van der Waals surface area contributed by atoms with Gasteiger partial charge in [0, 0.05) is 23.4 Å². The normalized spacial score (nSPS) is 11.1. The second kappa shape index (κ2) is 13.4. The lowest BCUT2D eigenvalue weighted by atomic mass is 10.2. The molecule has 0 aliphatic heterocycles. The van der Waals surface area contributed by atoms with Gasteiger partial charge in [0.25, 0.3) is 10.0 Å². The van der Waals surface area contributed by atoms with Gasteiger partial charge in [-0.25, -0.2) is 8.42 Å². The highest BCUT2D eigenvalue weighted by atomic mass is 35.5. The van der Waals surface area contributed by atoms with Crippen LogP contribution in [-0.4, -0.2) is 47.4 Å². The number of carbonyl (C=O) groups excluding carboxylic acids is 1. The van der Waals surface area contributed by atoms with Crippen molar-refractivity contribution in [3.05, 3.63) is 83.4 Å². The molecule has 0 aliphatic rings. The lowest BCUT2D eigenvalue weighted by molar-refractivity contribution is -0.119. The molecule has 7 nitrogen and oxygen atoms in total. The number of hydrogen-bond donors (Lipinski definition) is 1. The summed E-state index contributed by atoms with van der Waals surface area (Å²) >= 11 is 7.76. The van der Waals surface area contributed by atoms with Gasteiger partial charge in [-0.15, -0.1) is 0 Å². The number of carbonyl (C=O) groups is 1. The van der Waals surface area contributed by atoms with Crippen molar-refractivity contribution in [1.82, 2.24) is 5.32 Å². The standard InChI is InChI=1S/C26H29ClN2O5S2/c1-33-22-12-13-25(34-2)24(17-22)29(36(31,32)23-10-4-3-5-11-23)18-26(30)28-14-7-15-35-19-20-8-6-9-21(27)16-20/h3-6,8-13,16-17H,7,14-15,18-19H2,1-2H3,(H,28,30). The Kier molecular flexibility index (Phi) is 10.3. The monoisotopic (exact) mass is 548 g/mol. The summed E-state index contributed by atoms with van der Waals surface area (Å²) in [6.07, 6.45) is 0.741. The fourth-order valence-electron chi connectivity index (χ4n) is 3.42. The summed E-state index contributed by atoms with van der Waals surface area (Å²) in [6.45, 7) is 0.0201. The second-order valence-corrected chi connectivity index (χ2v) is 11.2. The summed E-state index contributed by atoms with van der Waals surface area (Å²) < 4.78 is 38.8. The van der Waals surface area contributed by atoms with Crippen LogP contribution in [0.5, 0.6) is 11.5 Å². The van der Waals surface area contributed by atoms with Crippen molar-refractivity contribution < 1.29 is 22.7 Å². The van der Waals surface area contributed by atoms with Crippen LogP contribution in [0.1, 0.15) is 12.0 Å². The summed E-state index contributed by atoms with van der Waals surface area (Å²) in [7, 11) is -1.13. The molecule has 10 heteroatoms. The smallest absolute Gasteiger partial charge is 0.264 e. The van der Waals surface area contributed by atoms with E-state index in [0.717, 1.165) is 27.8 Å². The van der Waals surface area contributed by atoms with Crippen LogP contribution >= 0.6 is 23.4 Å². The van der Waals surface area contributed by atoms with Gasteiger partial charge in [0.15, 0.2) is 0 Å². The molecule has 3 rings (SSSR count). The van der Waals surface area contributed by atoms with E-state index >= 15 is 0 Å². The molecule has 0 aromatic heterocycles. The lowest BCUT2D eigenvalue weighted by Crippen LogP contribution is -2.41. The topological polar surface area (TPSA) is 84.9 Å². The largest absolute Gasteiger partial charge is 0.497 e. The van der Waals surface area contributed by atoms with Crippen LogP contribution in [0.15, 0.2) is 77.7 Å². The molecule has 0 saturated heterocycles. The first-order valence-corrected chi connectivity index (χ1v) is 14.2. The van der Waals surface area contributed by atoms with Crippen molar-refractivity contribution in [3.63, 3.8) is 0 Å². The molecule has 3 aromatic rings. The molecule has 36 heavy (non-hydrogen) atoms. The fourth-order valence-corrected chi connectivity index (χ4v) is 5.98. The average molecular weight is 549 g/mol. The van der Waals surface area contributed by atoms with Crippen molar-refractivity contribution in [3.8, 4) is 11.5 Å². The number of ether oxygens (including phenoxy) is 2. The van der Waals surface area contributed by atoms with Crippen molar-refractivity contribution in [2.24, 2.45) is 0 Å². The zero-order chi connectivity index (χ0) is 26.0. The van der Waals surface area contributed by atoms with E-state index in [1.807, 2.05) is 24.3 Å². The molecule has 0 radical (unpaired) electrons. The number of halogens is 1. The van der Waals surface area contributed by atoms with E-state index in [2.05, 4.69) is 5.32 Å². The van der Waals surface area contributed by atoms with Crippen molar-refractivity contribution in [2.75, 3.05) is 37.4 Å². The number of nitrogens with zero attached hydrogens (tertiary/aromatic N) is 1. The van der Waals surface area contributed by atoms with E-state index in [9.17, 15) is 13.2 Å². The van der Waals surface area contributed by atoms with Crippen molar-refractivity contribution in [1.29, 1.82) is 0 Å². The molecule has 192 valence electrons. The lowest BCUT2D eigenvalue weighted by Gasteiger charge is -2.26. The first kappa shape index (κ1) is 27.7. The van der Waals surface area contributed by atoms with E-state index in [-0.39, 0.29) is 10.6 Å². The summed E-state index contributed by atoms with van der Waals surface area (Å²) in [5.74, 6) is 1.99. The third-order valence-electron chi connectivity index (χ3n) is 5.22. The molecular formula is C26H29ClN2O5S2. The van der Waals surface area contributed by atoms with Crippen molar-refractivity contribution >= 4 is 45.0 Å². The number of rotatable bonds is 13. The van der Waals surface area contributed by atoms with E-state index in [1.54, 1.807) is 48.2 Å². The van der Waals surface area contributed by atoms with Gasteiger partial charge >= 0.3 is 0 Å². The minimum Gasteiger partial charge on any atom is -0.497 e. The third kappa shape index (κ3) is 7.56. The SMILES string of the molecule is COc1ccc(OC)c(N(CC(=O)NCCCSCc2cccc(Cl)c2)S(=O)(=O)c2ccccc2)c1. The van der Waals surface area contributed by atoms with Gasteiger partial charge in [-0.2, -0.15) is 11.8 Å². The van der Waals surface area contributed by atoms with Crippen molar-refractivity contribution in [2.45, 2.75) is 17.1 Å². The van der Waals surface area contributed by atoms with Gasteiger partial charge < -0.3 is 14.8 Å². The van der Waals surface area contributed by atoms with Gasteiger partial charge in [0.05, 0.1) is 24.8 Å². The van der Waals surface area contributed by atoms with Crippen LogP contribution in [0.3, 0.4) is 0 Å². The Hall–Kier alpha value is -2.88. The minimum atomic E-state index is -4.06. The quantitative estimate of drug-likeness (QED) is 0.303. The van der Waals surface area contributed by atoms with Crippen LogP contribution in [0.25, 0.3) is 0 Å². The Morgan fingerprint density at radius 2 is 1.78 bits per heavy atom. The first-order valence-electron chi connectivity index (χ1n) is 11.2. The van der Waals surface area contributed by atoms with Gasteiger partial charge in [-0.1, -0.05) is 41.9 Å². The predicted molar refractivity (Wildman–Crippen MR) is 146 cm³/mol. The summed E-state index contributed by atoms with van der Waals surface area (Å²) in [6, 6.07) is 20.5. The Morgan fingerprint density at radius 3 is 2.47 bits per heavy atom. The highest BCUT2D eigenvalue weighted by Gasteiger charge is 2.29. The number of thioether (sulfide) groups is 1. The number of amides is 1. The maximum atomic E-state index is 13.5. The van der Waals surface area contributed by atoms with Gasteiger partial charge in [-0.3, -0.25) is 9.10 Å². The summed E-state index contributed by atoms with van der Waals surface area (Å²) in [5, 5.41) is 3.54. The van der Waals surface area contributed by atoms with Crippen LogP contribution < -0.4 is 19.1 Å². The summed E-state index contributed by atoms with van der Waals surface area (Å²) in [4.78, 5) is 12.9. The Balaban J connectivity index is 1.67. The molecule has 0 fully saturated rings. The highest BCUT2D eigenvalue weighted by Crippen LogP contribution is 2.35. The number of hydrogen-bond acceptors (Lipinski definition) is 6. The molecule has 0 spiro atoms.